The molecule has 0 radical (unpaired) electrons. The molecule has 1 heterocycles. The van der Waals surface area contributed by atoms with Gasteiger partial charge in [-0.25, -0.2) is 0 Å². The standard InChI is InChI=1S/C14H24F3N3O/c1-10(11-2-3-11)20(9-14(15,16)17)13(21)8-19-6-4-12(18)5-7-19/h10-12H,2-9,18H2,1H3. The van der Waals surface area contributed by atoms with Crippen molar-refractivity contribution in [2.45, 2.75) is 50.9 Å². The summed E-state index contributed by atoms with van der Waals surface area (Å²) in [7, 11) is 0. The third-order valence-corrected chi connectivity index (χ3v) is 4.46. The Morgan fingerprint density at radius 3 is 2.33 bits per heavy atom. The van der Waals surface area contributed by atoms with Gasteiger partial charge in [-0.2, -0.15) is 13.2 Å². The van der Waals surface area contributed by atoms with E-state index < -0.39 is 18.6 Å². The van der Waals surface area contributed by atoms with Gasteiger partial charge in [-0.3, -0.25) is 9.69 Å². The zero-order valence-corrected chi connectivity index (χ0v) is 12.4. The van der Waals surface area contributed by atoms with E-state index in [2.05, 4.69) is 0 Å². The first-order chi connectivity index (χ1) is 9.76. The average molecular weight is 307 g/mol. The first-order valence-corrected chi connectivity index (χ1v) is 7.60. The topological polar surface area (TPSA) is 49.6 Å². The van der Waals surface area contributed by atoms with E-state index in [1.165, 1.54) is 0 Å². The van der Waals surface area contributed by atoms with Gasteiger partial charge in [0.1, 0.15) is 6.54 Å². The fraction of sp³-hybridized carbons (Fsp3) is 0.929. The Balaban J connectivity index is 1.93. The van der Waals surface area contributed by atoms with Gasteiger partial charge in [-0.15, -0.1) is 0 Å². The molecule has 21 heavy (non-hydrogen) atoms. The lowest BCUT2D eigenvalue weighted by atomic mass is 10.1. The quantitative estimate of drug-likeness (QED) is 0.839. The first-order valence-electron chi connectivity index (χ1n) is 7.60. The average Bonchev–Trinajstić information content (AvgIpc) is 3.21. The van der Waals surface area contributed by atoms with Crippen LogP contribution < -0.4 is 5.73 Å². The lowest BCUT2D eigenvalue weighted by Crippen LogP contribution is -2.51. The molecule has 4 nitrogen and oxygen atoms in total. The van der Waals surface area contributed by atoms with Gasteiger partial charge in [0.2, 0.25) is 5.91 Å². The molecular weight excluding hydrogens is 283 g/mol. The molecule has 2 aliphatic rings. The molecule has 0 bridgehead atoms. The maximum atomic E-state index is 12.7. The van der Waals surface area contributed by atoms with Crippen LogP contribution in [-0.2, 0) is 4.79 Å². The van der Waals surface area contributed by atoms with E-state index in [0.29, 0.717) is 13.1 Å². The van der Waals surface area contributed by atoms with Crippen molar-refractivity contribution >= 4 is 5.91 Å². The lowest BCUT2D eigenvalue weighted by Gasteiger charge is -2.34. The number of carbonyl (C=O) groups excluding carboxylic acids is 1. The molecule has 2 fully saturated rings. The Hall–Kier alpha value is -0.820. The Kier molecular flexibility index (Phi) is 5.14. The molecule has 0 aromatic heterocycles. The summed E-state index contributed by atoms with van der Waals surface area (Å²) in [5.74, 6) is -0.187. The molecule has 2 N–H and O–H groups in total. The summed E-state index contributed by atoms with van der Waals surface area (Å²) in [4.78, 5) is 15.2. The van der Waals surface area contributed by atoms with Crippen molar-refractivity contribution in [1.29, 1.82) is 0 Å². The largest absolute Gasteiger partial charge is 0.406 e. The van der Waals surface area contributed by atoms with E-state index in [9.17, 15) is 18.0 Å². The molecule has 1 aliphatic heterocycles. The lowest BCUT2D eigenvalue weighted by molar-refractivity contribution is -0.166. The van der Waals surface area contributed by atoms with Crippen LogP contribution in [0.4, 0.5) is 13.2 Å². The van der Waals surface area contributed by atoms with Crippen LogP contribution in [0.5, 0.6) is 0 Å². The van der Waals surface area contributed by atoms with E-state index in [1.54, 1.807) is 6.92 Å². The van der Waals surface area contributed by atoms with Crippen molar-refractivity contribution in [2.24, 2.45) is 11.7 Å². The molecule has 1 atom stereocenters. The third-order valence-electron chi connectivity index (χ3n) is 4.46. The minimum atomic E-state index is -4.34. The predicted molar refractivity (Wildman–Crippen MR) is 73.6 cm³/mol. The van der Waals surface area contributed by atoms with Crippen LogP contribution in [0.15, 0.2) is 0 Å². The van der Waals surface area contributed by atoms with Crippen molar-refractivity contribution < 1.29 is 18.0 Å². The van der Waals surface area contributed by atoms with Crippen molar-refractivity contribution in [3.63, 3.8) is 0 Å². The SMILES string of the molecule is CC(C1CC1)N(CC(F)(F)F)C(=O)CN1CCC(N)CC1. The molecule has 0 aromatic rings. The van der Waals surface area contributed by atoms with Crippen LogP contribution in [0, 0.1) is 5.92 Å². The summed E-state index contributed by atoms with van der Waals surface area (Å²) < 4.78 is 38.1. The maximum absolute atomic E-state index is 12.7. The number of hydrogen-bond donors (Lipinski definition) is 1. The normalized spacial score (nSPS) is 23.1. The Labute approximate surface area is 123 Å². The van der Waals surface area contributed by atoms with Gasteiger partial charge in [-0.05, 0) is 38.5 Å². The zero-order valence-electron chi connectivity index (χ0n) is 12.4. The van der Waals surface area contributed by atoms with E-state index in [1.807, 2.05) is 4.90 Å². The molecular formula is C14H24F3N3O. The second kappa shape index (κ2) is 6.52. The molecule has 7 heteroatoms. The van der Waals surface area contributed by atoms with Gasteiger partial charge < -0.3 is 10.6 Å². The molecule has 0 aromatic carbocycles. The fourth-order valence-corrected chi connectivity index (χ4v) is 2.88. The van der Waals surface area contributed by atoms with Crippen LogP contribution in [0.25, 0.3) is 0 Å². The summed E-state index contributed by atoms with van der Waals surface area (Å²) >= 11 is 0. The number of piperidine rings is 1. The van der Waals surface area contributed by atoms with Crippen LogP contribution in [0.2, 0.25) is 0 Å². The van der Waals surface area contributed by atoms with E-state index in [0.717, 1.165) is 30.6 Å². The minimum Gasteiger partial charge on any atom is -0.329 e. The fourth-order valence-electron chi connectivity index (χ4n) is 2.88. The summed E-state index contributed by atoms with van der Waals surface area (Å²) in [6, 6.07) is -0.181. The summed E-state index contributed by atoms with van der Waals surface area (Å²) in [5.41, 5.74) is 5.80. The Morgan fingerprint density at radius 2 is 1.86 bits per heavy atom. The number of likely N-dealkylation sites (tertiary alicyclic amines) is 1. The smallest absolute Gasteiger partial charge is 0.329 e. The van der Waals surface area contributed by atoms with Crippen LogP contribution in [0.3, 0.4) is 0 Å². The number of alkyl halides is 3. The Morgan fingerprint density at radius 1 is 1.29 bits per heavy atom. The highest BCUT2D eigenvalue weighted by Crippen LogP contribution is 2.36. The second-order valence-electron chi connectivity index (χ2n) is 6.33. The summed E-state index contributed by atoms with van der Waals surface area (Å²) in [6.07, 6.45) is -0.915. The molecule has 122 valence electrons. The second-order valence-corrected chi connectivity index (χ2v) is 6.33. The van der Waals surface area contributed by atoms with Gasteiger partial charge in [0.25, 0.3) is 0 Å². The molecule has 1 saturated heterocycles. The van der Waals surface area contributed by atoms with Gasteiger partial charge >= 0.3 is 6.18 Å². The zero-order chi connectivity index (χ0) is 15.6. The van der Waals surface area contributed by atoms with Crippen molar-refractivity contribution in [2.75, 3.05) is 26.2 Å². The summed E-state index contributed by atoms with van der Waals surface area (Å²) in [6.45, 7) is 2.03. The number of halogens is 3. The minimum absolute atomic E-state index is 0.0693. The van der Waals surface area contributed by atoms with E-state index in [4.69, 9.17) is 5.73 Å². The van der Waals surface area contributed by atoms with Crippen molar-refractivity contribution in [3.05, 3.63) is 0 Å². The van der Waals surface area contributed by atoms with Gasteiger partial charge in [0.15, 0.2) is 0 Å². The Bertz CT molecular complexity index is 363. The number of rotatable bonds is 5. The maximum Gasteiger partial charge on any atom is 0.406 e. The third kappa shape index (κ3) is 5.14. The highest BCUT2D eigenvalue weighted by atomic mass is 19.4. The van der Waals surface area contributed by atoms with E-state index in [-0.39, 0.29) is 24.5 Å². The molecule has 1 amide bonds. The number of hydrogen-bond acceptors (Lipinski definition) is 3. The monoisotopic (exact) mass is 307 g/mol. The van der Waals surface area contributed by atoms with Crippen molar-refractivity contribution in [3.8, 4) is 0 Å². The highest BCUT2D eigenvalue weighted by Gasteiger charge is 2.40. The number of amides is 1. The molecule has 2 rings (SSSR count). The summed E-state index contributed by atoms with van der Waals surface area (Å²) in [5, 5.41) is 0. The van der Waals surface area contributed by atoms with Gasteiger partial charge in [0, 0.05) is 25.2 Å². The predicted octanol–water partition coefficient (Wildman–Crippen LogP) is 1.60. The van der Waals surface area contributed by atoms with Crippen molar-refractivity contribution in [1.82, 2.24) is 9.80 Å². The van der Waals surface area contributed by atoms with E-state index >= 15 is 0 Å². The number of nitrogens with zero attached hydrogens (tertiary/aromatic N) is 2. The van der Waals surface area contributed by atoms with Crippen LogP contribution >= 0.6 is 0 Å². The molecule has 1 aliphatic carbocycles. The molecule has 1 unspecified atom stereocenters. The van der Waals surface area contributed by atoms with Gasteiger partial charge in [-0.1, -0.05) is 0 Å². The molecule has 1 saturated carbocycles. The van der Waals surface area contributed by atoms with Crippen LogP contribution in [-0.4, -0.2) is 60.1 Å². The van der Waals surface area contributed by atoms with Crippen LogP contribution in [0.1, 0.15) is 32.6 Å². The van der Waals surface area contributed by atoms with Gasteiger partial charge in [0.05, 0.1) is 6.54 Å². The first kappa shape index (κ1) is 16.5. The number of carbonyl (C=O) groups is 1. The number of nitrogens with two attached hydrogens (primary N) is 1. The highest BCUT2D eigenvalue weighted by molar-refractivity contribution is 5.78. The molecule has 0 spiro atoms.